The molecule has 130 valence electrons. The van der Waals surface area contributed by atoms with Gasteiger partial charge in [0.25, 0.3) is 0 Å². The molecule has 2 bridgehead atoms. The molecule has 0 radical (unpaired) electrons. The first kappa shape index (κ1) is 16.8. The van der Waals surface area contributed by atoms with Crippen molar-refractivity contribution in [3.05, 3.63) is 44.8 Å². The standard InChI is InChI=1S/C20H28NOS2/c1-21(2)16-8-9-17(21)13-15(12-16)14-20(22-3,18-6-4-10-23-18)19-7-5-11-24-19/h4-7,10-11,15-17H,8-9,12-14H2,1-3H3/q+1/t15?,16-,17+. The third-order valence-electron chi connectivity index (χ3n) is 6.69. The predicted molar refractivity (Wildman–Crippen MR) is 103 cm³/mol. The fraction of sp³-hybridized carbons (Fsp3) is 0.600. The number of rotatable bonds is 5. The second-order valence-corrected chi connectivity index (χ2v) is 9.94. The molecule has 0 aliphatic carbocycles. The molecule has 0 aromatic carbocycles. The highest BCUT2D eigenvalue weighted by atomic mass is 32.1. The normalized spacial score (nSPS) is 29.0. The van der Waals surface area contributed by atoms with Gasteiger partial charge in [-0.1, -0.05) is 12.1 Å². The summed E-state index contributed by atoms with van der Waals surface area (Å²) in [4.78, 5) is 2.72. The monoisotopic (exact) mass is 362 g/mol. The largest absolute Gasteiger partial charge is 0.367 e. The van der Waals surface area contributed by atoms with Crippen molar-refractivity contribution in [2.24, 2.45) is 5.92 Å². The molecule has 3 atom stereocenters. The van der Waals surface area contributed by atoms with E-state index in [0.717, 1.165) is 24.4 Å². The van der Waals surface area contributed by atoms with E-state index in [9.17, 15) is 0 Å². The molecule has 0 amide bonds. The molecule has 4 rings (SSSR count). The van der Waals surface area contributed by atoms with Gasteiger partial charge in [-0.3, -0.25) is 0 Å². The van der Waals surface area contributed by atoms with Gasteiger partial charge in [0.15, 0.2) is 0 Å². The molecule has 0 saturated carbocycles. The lowest BCUT2D eigenvalue weighted by atomic mass is 9.79. The summed E-state index contributed by atoms with van der Waals surface area (Å²) >= 11 is 3.67. The minimum atomic E-state index is -0.249. The summed E-state index contributed by atoms with van der Waals surface area (Å²) < 4.78 is 7.53. The number of thiophene rings is 2. The summed E-state index contributed by atoms with van der Waals surface area (Å²) in [7, 11) is 6.79. The number of quaternary nitrogens is 1. The molecule has 2 aromatic rings. The first-order valence-electron chi connectivity index (χ1n) is 9.02. The van der Waals surface area contributed by atoms with Gasteiger partial charge in [0, 0.05) is 42.5 Å². The number of hydrogen-bond donors (Lipinski definition) is 0. The smallest absolute Gasteiger partial charge is 0.136 e. The average molecular weight is 363 g/mol. The van der Waals surface area contributed by atoms with Crippen molar-refractivity contribution < 1.29 is 9.22 Å². The average Bonchev–Trinajstić information content (AvgIpc) is 3.28. The van der Waals surface area contributed by atoms with E-state index in [4.69, 9.17) is 4.74 Å². The Hall–Kier alpha value is -0.680. The molecule has 2 fully saturated rings. The summed E-state index contributed by atoms with van der Waals surface area (Å²) in [5.41, 5.74) is -0.249. The minimum Gasteiger partial charge on any atom is -0.367 e. The van der Waals surface area contributed by atoms with Crippen molar-refractivity contribution in [3.63, 3.8) is 0 Å². The maximum Gasteiger partial charge on any atom is 0.136 e. The summed E-state index contributed by atoms with van der Waals surface area (Å²) in [5, 5.41) is 4.36. The van der Waals surface area contributed by atoms with Crippen LogP contribution >= 0.6 is 22.7 Å². The van der Waals surface area contributed by atoms with Crippen LogP contribution < -0.4 is 0 Å². The Morgan fingerprint density at radius 3 is 2.00 bits per heavy atom. The van der Waals surface area contributed by atoms with Gasteiger partial charge in [-0.05, 0) is 35.2 Å². The molecule has 2 aliphatic rings. The predicted octanol–water partition coefficient (Wildman–Crippen LogP) is 5.11. The third-order valence-corrected chi connectivity index (χ3v) is 8.72. The highest BCUT2D eigenvalue weighted by Crippen LogP contribution is 2.49. The molecule has 4 heterocycles. The van der Waals surface area contributed by atoms with E-state index in [2.05, 4.69) is 49.1 Å². The lowest BCUT2D eigenvalue weighted by Crippen LogP contribution is -2.55. The molecule has 1 unspecified atom stereocenters. The molecular weight excluding hydrogens is 334 g/mol. The second-order valence-electron chi connectivity index (χ2n) is 8.04. The summed E-state index contributed by atoms with van der Waals surface area (Å²) in [6.45, 7) is 0. The van der Waals surface area contributed by atoms with Crippen molar-refractivity contribution in [2.45, 2.75) is 49.8 Å². The fourth-order valence-corrected chi connectivity index (χ4v) is 7.11. The molecule has 2 aromatic heterocycles. The minimum absolute atomic E-state index is 0.249. The lowest BCUT2D eigenvalue weighted by molar-refractivity contribution is -0.931. The van der Waals surface area contributed by atoms with Crippen LogP contribution in [0.4, 0.5) is 0 Å². The van der Waals surface area contributed by atoms with Crippen molar-refractivity contribution >= 4 is 22.7 Å². The number of methoxy groups -OCH3 is 1. The summed E-state index contributed by atoms with van der Waals surface area (Å²) in [5.74, 6) is 0.762. The van der Waals surface area contributed by atoms with Crippen molar-refractivity contribution in [3.8, 4) is 0 Å². The number of nitrogens with zero attached hydrogens (tertiary/aromatic N) is 1. The molecule has 0 N–H and O–H groups in total. The van der Waals surface area contributed by atoms with E-state index in [1.54, 1.807) is 0 Å². The van der Waals surface area contributed by atoms with Crippen LogP contribution in [-0.4, -0.2) is 37.8 Å². The van der Waals surface area contributed by atoms with Crippen LogP contribution in [0.5, 0.6) is 0 Å². The van der Waals surface area contributed by atoms with E-state index in [0.29, 0.717) is 0 Å². The first-order chi connectivity index (χ1) is 11.6. The Labute approximate surface area is 153 Å². The lowest BCUT2D eigenvalue weighted by Gasteiger charge is -2.46. The topological polar surface area (TPSA) is 9.23 Å². The van der Waals surface area contributed by atoms with Crippen molar-refractivity contribution in [1.82, 2.24) is 0 Å². The zero-order chi connectivity index (χ0) is 16.8. The Balaban J connectivity index is 1.64. The quantitative estimate of drug-likeness (QED) is 0.672. The van der Waals surface area contributed by atoms with Crippen LogP contribution in [-0.2, 0) is 10.3 Å². The Kier molecular flexibility index (Phi) is 4.36. The number of hydrogen-bond acceptors (Lipinski definition) is 3. The molecule has 0 spiro atoms. The van der Waals surface area contributed by atoms with Gasteiger partial charge in [0.05, 0.1) is 26.2 Å². The van der Waals surface area contributed by atoms with Crippen LogP contribution in [0.3, 0.4) is 0 Å². The van der Waals surface area contributed by atoms with Gasteiger partial charge in [0.2, 0.25) is 0 Å². The molecule has 2 nitrogen and oxygen atoms in total. The van der Waals surface area contributed by atoms with Gasteiger partial charge < -0.3 is 9.22 Å². The number of piperidine rings is 1. The van der Waals surface area contributed by atoms with Crippen LogP contribution in [0.15, 0.2) is 35.0 Å². The maximum absolute atomic E-state index is 6.29. The molecule has 24 heavy (non-hydrogen) atoms. The number of fused-ring (bicyclic) bond motifs is 2. The molecule has 2 aliphatic heterocycles. The van der Waals surface area contributed by atoms with E-state index in [1.165, 1.54) is 39.9 Å². The van der Waals surface area contributed by atoms with E-state index < -0.39 is 0 Å². The first-order valence-corrected chi connectivity index (χ1v) is 10.8. The zero-order valence-corrected chi connectivity index (χ0v) is 16.5. The van der Waals surface area contributed by atoms with E-state index in [-0.39, 0.29) is 5.60 Å². The van der Waals surface area contributed by atoms with Gasteiger partial charge in [0.1, 0.15) is 5.60 Å². The van der Waals surface area contributed by atoms with Crippen LogP contribution in [0.25, 0.3) is 0 Å². The Morgan fingerprint density at radius 1 is 1.04 bits per heavy atom. The second kappa shape index (κ2) is 6.24. The zero-order valence-electron chi connectivity index (χ0n) is 14.9. The fourth-order valence-electron chi connectivity index (χ4n) is 5.19. The molecular formula is C20H28NOS2+. The van der Waals surface area contributed by atoms with Gasteiger partial charge in [-0.2, -0.15) is 0 Å². The van der Waals surface area contributed by atoms with Gasteiger partial charge in [-0.15, -0.1) is 22.7 Å². The highest BCUT2D eigenvalue weighted by Gasteiger charge is 2.51. The number of ether oxygens (including phenoxy) is 1. The third kappa shape index (κ3) is 2.59. The van der Waals surface area contributed by atoms with Crippen molar-refractivity contribution in [2.75, 3.05) is 21.2 Å². The Bertz CT molecular complexity index is 612. The van der Waals surface area contributed by atoms with E-state index in [1.807, 2.05) is 29.8 Å². The van der Waals surface area contributed by atoms with Crippen LogP contribution in [0.1, 0.15) is 41.9 Å². The molecule has 2 saturated heterocycles. The molecule has 4 heteroatoms. The maximum atomic E-state index is 6.29. The summed E-state index contributed by atoms with van der Waals surface area (Å²) in [6.07, 6.45) is 6.65. The van der Waals surface area contributed by atoms with Crippen molar-refractivity contribution in [1.29, 1.82) is 0 Å². The van der Waals surface area contributed by atoms with E-state index >= 15 is 0 Å². The SMILES string of the molecule is COC(CC1C[C@H]2CC[C@@H](C1)[N+]2(C)C)(c1cccs1)c1cccs1. The Morgan fingerprint density at radius 2 is 1.58 bits per heavy atom. The van der Waals surface area contributed by atoms with Crippen LogP contribution in [0, 0.1) is 5.92 Å². The highest BCUT2D eigenvalue weighted by molar-refractivity contribution is 7.11. The van der Waals surface area contributed by atoms with Gasteiger partial charge >= 0.3 is 0 Å². The van der Waals surface area contributed by atoms with Gasteiger partial charge in [-0.25, -0.2) is 0 Å². The van der Waals surface area contributed by atoms with Crippen LogP contribution in [0.2, 0.25) is 0 Å². The summed E-state index contributed by atoms with van der Waals surface area (Å²) in [6, 6.07) is 10.5.